The first-order chi connectivity index (χ1) is 10.6. The van der Waals surface area contributed by atoms with Crippen molar-refractivity contribution in [2.45, 2.75) is 12.5 Å². The summed E-state index contributed by atoms with van der Waals surface area (Å²) in [6, 6.07) is 3.65. The number of hydrogen-bond acceptors (Lipinski definition) is 6. The van der Waals surface area contributed by atoms with Crippen LogP contribution in [0.1, 0.15) is 16.1 Å². The van der Waals surface area contributed by atoms with Crippen LogP contribution in [0.4, 0.5) is 0 Å². The van der Waals surface area contributed by atoms with Gasteiger partial charge in [-0.2, -0.15) is 0 Å². The minimum atomic E-state index is -0.177. The van der Waals surface area contributed by atoms with Gasteiger partial charge in [0.1, 0.15) is 0 Å². The fourth-order valence-corrected chi connectivity index (χ4v) is 4.60. The number of thiophene rings is 1. The Morgan fingerprint density at radius 1 is 1.36 bits per heavy atom. The Kier molecular flexibility index (Phi) is 5.18. The SMILES string of the molecule is N[C@@H]1CCN(CC(=O)c2cccs2)C[C@@H]1C(=O)N1CCSC1. The Balaban J connectivity index is 1.60. The summed E-state index contributed by atoms with van der Waals surface area (Å²) in [5, 5.41) is 1.91. The number of amides is 1. The molecule has 0 unspecified atom stereocenters. The van der Waals surface area contributed by atoms with E-state index in [2.05, 4.69) is 4.90 Å². The van der Waals surface area contributed by atoms with E-state index in [1.54, 1.807) is 11.8 Å². The van der Waals surface area contributed by atoms with E-state index in [-0.39, 0.29) is 23.7 Å². The average molecular weight is 339 g/mol. The molecule has 22 heavy (non-hydrogen) atoms. The van der Waals surface area contributed by atoms with Gasteiger partial charge in [0.15, 0.2) is 5.78 Å². The molecular formula is C15H21N3O2S2. The second-order valence-corrected chi connectivity index (χ2v) is 7.86. The highest BCUT2D eigenvalue weighted by atomic mass is 32.2. The average Bonchev–Trinajstić information content (AvgIpc) is 3.21. The lowest BCUT2D eigenvalue weighted by Gasteiger charge is -2.37. The highest BCUT2D eigenvalue weighted by Crippen LogP contribution is 2.22. The first-order valence-corrected chi connectivity index (χ1v) is 9.60. The molecule has 5 nitrogen and oxygen atoms in total. The molecule has 1 aromatic rings. The molecule has 0 spiro atoms. The molecule has 0 aromatic carbocycles. The molecule has 1 amide bonds. The lowest BCUT2D eigenvalue weighted by atomic mass is 9.91. The van der Waals surface area contributed by atoms with E-state index in [4.69, 9.17) is 5.73 Å². The van der Waals surface area contributed by atoms with Gasteiger partial charge in [0.05, 0.1) is 23.2 Å². The van der Waals surface area contributed by atoms with Crippen molar-refractivity contribution in [3.63, 3.8) is 0 Å². The predicted octanol–water partition coefficient (Wildman–Crippen LogP) is 1.11. The van der Waals surface area contributed by atoms with Crippen molar-refractivity contribution < 1.29 is 9.59 Å². The normalized spacial score (nSPS) is 26.3. The molecule has 2 N–H and O–H groups in total. The molecule has 7 heteroatoms. The number of nitrogens with two attached hydrogens (primary N) is 1. The van der Waals surface area contributed by atoms with Crippen molar-refractivity contribution in [2.75, 3.05) is 37.8 Å². The molecule has 120 valence electrons. The molecule has 3 heterocycles. The number of rotatable bonds is 4. The van der Waals surface area contributed by atoms with Crippen molar-refractivity contribution in [1.29, 1.82) is 0 Å². The third kappa shape index (κ3) is 3.53. The van der Waals surface area contributed by atoms with E-state index < -0.39 is 0 Å². The summed E-state index contributed by atoms with van der Waals surface area (Å²) >= 11 is 3.25. The summed E-state index contributed by atoms with van der Waals surface area (Å²) in [7, 11) is 0. The fourth-order valence-electron chi connectivity index (χ4n) is 2.98. The maximum Gasteiger partial charge on any atom is 0.229 e. The van der Waals surface area contributed by atoms with Crippen LogP contribution in [0.5, 0.6) is 0 Å². The number of hydrogen-bond donors (Lipinski definition) is 1. The van der Waals surface area contributed by atoms with Gasteiger partial charge < -0.3 is 10.6 Å². The summed E-state index contributed by atoms with van der Waals surface area (Å²) < 4.78 is 0. The maximum atomic E-state index is 12.6. The van der Waals surface area contributed by atoms with Gasteiger partial charge in [-0.15, -0.1) is 23.1 Å². The molecule has 1 aromatic heterocycles. The van der Waals surface area contributed by atoms with Crippen molar-refractivity contribution >= 4 is 34.8 Å². The number of carbonyl (C=O) groups excluding carboxylic acids is 2. The molecule has 2 aliphatic rings. The molecule has 3 rings (SSSR count). The summed E-state index contributed by atoms with van der Waals surface area (Å²) in [4.78, 5) is 29.6. The van der Waals surface area contributed by atoms with Crippen LogP contribution in [0, 0.1) is 5.92 Å². The fraction of sp³-hybridized carbons (Fsp3) is 0.600. The van der Waals surface area contributed by atoms with E-state index in [1.165, 1.54) is 11.3 Å². The van der Waals surface area contributed by atoms with Crippen molar-refractivity contribution in [1.82, 2.24) is 9.80 Å². The summed E-state index contributed by atoms with van der Waals surface area (Å²) in [5.74, 6) is 1.90. The van der Waals surface area contributed by atoms with Gasteiger partial charge in [-0.05, 0) is 17.9 Å². The summed E-state index contributed by atoms with van der Waals surface area (Å²) in [6.07, 6.45) is 0.773. The number of carbonyl (C=O) groups is 2. The van der Waals surface area contributed by atoms with E-state index in [1.807, 2.05) is 22.4 Å². The quantitative estimate of drug-likeness (QED) is 0.833. The number of likely N-dealkylation sites (tertiary alicyclic amines) is 1. The monoisotopic (exact) mass is 339 g/mol. The van der Waals surface area contributed by atoms with Gasteiger partial charge >= 0.3 is 0 Å². The zero-order valence-electron chi connectivity index (χ0n) is 12.4. The Bertz CT molecular complexity index is 529. The first kappa shape index (κ1) is 16.0. The second-order valence-electron chi connectivity index (χ2n) is 5.83. The van der Waals surface area contributed by atoms with Crippen LogP contribution in [0.15, 0.2) is 17.5 Å². The van der Waals surface area contributed by atoms with E-state index >= 15 is 0 Å². The molecule has 0 aliphatic carbocycles. The van der Waals surface area contributed by atoms with Crippen LogP contribution in [0.3, 0.4) is 0 Å². The number of ketones is 1. The molecule has 0 saturated carbocycles. The van der Waals surface area contributed by atoms with Crippen LogP contribution in [-0.2, 0) is 4.79 Å². The van der Waals surface area contributed by atoms with Gasteiger partial charge in [-0.25, -0.2) is 0 Å². The summed E-state index contributed by atoms with van der Waals surface area (Å²) in [6.45, 7) is 2.59. The standard InChI is InChI=1S/C15H21N3O2S2/c16-12-3-4-17(9-13(19)14-2-1-6-22-14)8-11(12)15(20)18-5-7-21-10-18/h1-2,6,11-12H,3-5,7-10,16H2/t11-,12+/m0/s1. The number of nitrogens with zero attached hydrogens (tertiary/aromatic N) is 2. The van der Waals surface area contributed by atoms with Crippen LogP contribution in [0.25, 0.3) is 0 Å². The van der Waals surface area contributed by atoms with Gasteiger partial charge in [-0.3, -0.25) is 14.5 Å². The Morgan fingerprint density at radius 3 is 2.91 bits per heavy atom. The van der Waals surface area contributed by atoms with Gasteiger partial charge in [0.25, 0.3) is 0 Å². The smallest absolute Gasteiger partial charge is 0.229 e. The predicted molar refractivity (Wildman–Crippen MR) is 90.2 cm³/mol. The Labute approximate surface area is 138 Å². The van der Waals surface area contributed by atoms with Gasteiger partial charge in [-0.1, -0.05) is 6.07 Å². The van der Waals surface area contributed by atoms with E-state index in [0.29, 0.717) is 13.1 Å². The highest BCUT2D eigenvalue weighted by Gasteiger charge is 2.36. The molecule has 2 aliphatic heterocycles. The second kappa shape index (κ2) is 7.12. The molecule has 2 saturated heterocycles. The third-order valence-corrected chi connectivity index (χ3v) is 6.17. The molecular weight excluding hydrogens is 318 g/mol. The highest BCUT2D eigenvalue weighted by molar-refractivity contribution is 7.99. The van der Waals surface area contributed by atoms with Crippen molar-refractivity contribution in [2.24, 2.45) is 11.7 Å². The molecule has 2 atom stereocenters. The maximum absolute atomic E-state index is 12.6. The lowest BCUT2D eigenvalue weighted by Crippen LogP contribution is -2.54. The zero-order valence-corrected chi connectivity index (χ0v) is 14.1. The van der Waals surface area contributed by atoms with Crippen molar-refractivity contribution in [3.8, 4) is 0 Å². The number of Topliss-reactive ketones (excluding diaryl/α,β-unsaturated/α-hetero) is 1. The summed E-state index contributed by atoms with van der Waals surface area (Å²) in [5.41, 5.74) is 6.17. The zero-order chi connectivity index (χ0) is 15.5. The topological polar surface area (TPSA) is 66.6 Å². The van der Waals surface area contributed by atoms with Crippen LogP contribution >= 0.6 is 23.1 Å². The third-order valence-electron chi connectivity index (χ3n) is 4.30. The Hall–Kier alpha value is -0.890. The minimum absolute atomic E-state index is 0.0915. The van der Waals surface area contributed by atoms with Crippen LogP contribution in [0.2, 0.25) is 0 Å². The number of piperidine rings is 1. The number of thioether (sulfide) groups is 1. The lowest BCUT2D eigenvalue weighted by molar-refractivity contribution is -0.136. The van der Waals surface area contributed by atoms with Crippen LogP contribution in [-0.4, -0.2) is 65.3 Å². The van der Waals surface area contributed by atoms with Crippen molar-refractivity contribution in [3.05, 3.63) is 22.4 Å². The largest absolute Gasteiger partial charge is 0.332 e. The molecule has 0 bridgehead atoms. The van der Waals surface area contributed by atoms with Gasteiger partial charge in [0.2, 0.25) is 5.91 Å². The van der Waals surface area contributed by atoms with Crippen LogP contribution < -0.4 is 5.73 Å². The van der Waals surface area contributed by atoms with E-state index in [0.717, 1.165) is 36.0 Å². The molecule has 0 radical (unpaired) electrons. The Morgan fingerprint density at radius 2 is 2.23 bits per heavy atom. The first-order valence-electron chi connectivity index (χ1n) is 7.56. The minimum Gasteiger partial charge on any atom is -0.332 e. The molecule has 2 fully saturated rings. The van der Waals surface area contributed by atoms with Gasteiger partial charge in [0, 0.05) is 31.4 Å². The van der Waals surface area contributed by atoms with E-state index in [9.17, 15) is 9.59 Å².